The standard InChI is InChI=1S/C12H17BO3/c1-11(2)12(3,4)16-13(15-11)7-5-10-6-8-14-9-10/h5-9H,1-4H3. The van der Waals surface area contributed by atoms with Crippen LogP contribution in [0.3, 0.4) is 0 Å². The van der Waals surface area contributed by atoms with Crippen molar-refractivity contribution in [2.45, 2.75) is 38.9 Å². The molecular weight excluding hydrogens is 203 g/mol. The Morgan fingerprint density at radius 3 is 2.25 bits per heavy atom. The summed E-state index contributed by atoms with van der Waals surface area (Å²) in [6.07, 6.45) is 5.26. The molecule has 0 N–H and O–H groups in total. The second-order valence-electron chi connectivity index (χ2n) is 5.04. The Kier molecular flexibility index (Phi) is 2.72. The fraction of sp³-hybridized carbons (Fsp3) is 0.500. The van der Waals surface area contributed by atoms with Crippen LogP contribution in [0.15, 0.2) is 29.0 Å². The van der Waals surface area contributed by atoms with Crippen LogP contribution in [0.4, 0.5) is 0 Å². The molecule has 3 nitrogen and oxygen atoms in total. The molecule has 1 saturated heterocycles. The Morgan fingerprint density at radius 1 is 1.12 bits per heavy atom. The summed E-state index contributed by atoms with van der Waals surface area (Å²) >= 11 is 0. The maximum atomic E-state index is 5.82. The van der Waals surface area contributed by atoms with Gasteiger partial charge in [0.1, 0.15) is 0 Å². The zero-order valence-electron chi connectivity index (χ0n) is 10.2. The van der Waals surface area contributed by atoms with Crippen molar-refractivity contribution in [2.24, 2.45) is 0 Å². The van der Waals surface area contributed by atoms with Crippen molar-refractivity contribution in [3.05, 3.63) is 30.1 Å². The maximum Gasteiger partial charge on any atom is 0.487 e. The first-order chi connectivity index (χ1) is 7.41. The van der Waals surface area contributed by atoms with Crippen molar-refractivity contribution in [1.82, 2.24) is 0 Å². The van der Waals surface area contributed by atoms with Crippen molar-refractivity contribution in [3.8, 4) is 0 Å². The fourth-order valence-corrected chi connectivity index (χ4v) is 1.53. The molecule has 0 amide bonds. The molecule has 0 atom stereocenters. The summed E-state index contributed by atoms with van der Waals surface area (Å²) in [4.78, 5) is 0. The molecule has 0 spiro atoms. The summed E-state index contributed by atoms with van der Waals surface area (Å²) in [6, 6.07) is 1.89. The smallest absolute Gasteiger partial charge is 0.472 e. The Bertz CT molecular complexity index is 363. The number of hydrogen-bond donors (Lipinski definition) is 0. The second kappa shape index (κ2) is 3.79. The summed E-state index contributed by atoms with van der Waals surface area (Å²) in [7, 11) is -0.292. The van der Waals surface area contributed by atoms with E-state index < -0.39 is 0 Å². The van der Waals surface area contributed by atoms with Crippen LogP contribution in [0.2, 0.25) is 0 Å². The Balaban J connectivity index is 2.05. The van der Waals surface area contributed by atoms with E-state index in [9.17, 15) is 0 Å². The first kappa shape index (κ1) is 11.5. The van der Waals surface area contributed by atoms with E-state index in [1.54, 1.807) is 12.5 Å². The van der Waals surface area contributed by atoms with Gasteiger partial charge in [0.05, 0.1) is 23.7 Å². The van der Waals surface area contributed by atoms with E-state index in [1.165, 1.54) is 0 Å². The molecule has 0 unspecified atom stereocenters. The normalized spacial score (nSPS) is 23.1. The van der Waals surface area contributed by atoms with E-state index in [1.807, 2.05) is 45.8 Å². The zero-order valence-corrected chi connectivity index (χ0v) is 10.2. The SMILES string of the molecule is CC1(C)OB(C=Cc2ccoc2)OC1(C)C. The quantitative estimate of drug-likeness (QED) is 0.718. The minimum absolute atomic E-state index is 0.279. The fourth-order valence-electron chi connectivity index (χ4n) is 1.53. The van der Waals surface area contributed by atoms with Crippen LogP contribution in [0, 0.1) is 0 Å². The molecule has 4 heteroatoms. The number of hydrogen-bond acceptors (Lipinski definition) is 3. The minimum atomic E-state index is -0.292. The van der Waals surface area contributed by atoms with Crippen LogP contribution in [-0.4, -0.2) is 18.3 Å². The Morgan fingerprint density at radius 2 is 1.75 bits per heavy atom. The highest BCUT2D eigenvalue weighted by molar-refractivity contribution is 6.52. The van der Waals surface area contributed by atoms with Crippen molar-refractivity contribution in [2.75, 3.05) is 0 Å². The van der Waals surface area contributed by atoms with E-state index in [2.05, 4.69) is 0 Å². The first-order valence-electron chi connectivity index (χ1n) is 5.47. The number of furan rings is 1. The lowest BCUT2D eigenvalue weighted by Crippen LogP contribution is -2.41. The average molecular weight is 220 g/mol. The zero-order chi connectivity index (χ0) is 11.8. The van der Waals surface area contributed by atoms with Crippen molar-refractivity contribution < 1.29 is 13.7 Å². The van der Waals surface area contributed by atoms with Gasteiger partial charge in [0.25, 0.3) is 0 Å². The number of rotatable bonds is 2. The van der Waals surface area contributed by atoms with Crippen molar-refractivity contribution >= 4 is 13.2 Å². The molecule has 1 fully saturated rings. The molecule has 1 aromatic rings. The lowest BCUT2D eigenvalue weighted by molar-refractivity contribution is 0.00578. The van der Waals surface area contributed by atoms with Gasteiger partial charge >= 0.3 is 7.12 Å². The molecule has 2 heterocycles. The Labute approximate surface area is 96.6 Å². The van der Waals surface area contributed by atoms with Gasteiger partial charge in [-0.05, 0) is 33.8 Å². The van der Waals surface area contributed by atoms with Crippen LogP contribution in [0.5, 0.6) is 0 Å². The highest BCUT2D eigenvalue weighted by Gasteiger charge is 2.49. The first-order valence-corrected chi connectivity index (χ1v) is 5.47. The van der Waals surface area contributed by atoms with Gasteiger partial charge in [-0.25, -0.2) is 0 Å². The van der Waals surface area contributed by atoms with E-state index in [4.69, 9.17) is 13.7 Å². The molecule has 0 bridgehead atoms. The molecule has 1 aromatic heterocycles. The summed E-state index contributed by atoms with van der Waals surface area (Å²) in [6.45, 7) is 8.16. The predicted octanol–water partition coefficient (Wildman–Crippen LogP) is 2.92. The highest BCUT2D eigenvalue weighted by atomic mass is 16.7. The second-order valence-corrected chi connectivity index (χ2v) is 5.04. The monoisotopic (exact) mass is 220 g/mol. The van der Waals surface area contributed by atoms with Crippen molar-refractivity contribution in [1.29, 1.82) is 0 Å². The van der Waals surface area contributed by atoms with E-state index in [0.717, 1.165) is 5.56 Å². The summed E-state index contributed by atoms with van der Waals surface area (Å²) in [5, 5.41) is 0. The highest BCUT2D eigenvalue weighted by Crippen LogP contribution is 2.36. The molecule has 86 valence electrons. The predicted molar refractivity (Wildman–Crippen MR) is 63.8 cm³/mol. The van der Waals surface area contributed by atoms with Gasteiger partial charge in [0.2, 0.25) is 0 Å². The summed E-state index contributed by atoms with van der Waals surface area (Å²) < 4.78 is 16.6. The summed E-state index contributed by atoms with van der Waals surface area (Å²) in [5.41, 5.74) is 0.450. The molecule has 1 aliphatic heterocycles. The molecule has 0 aromatic carbocycles. The lowest BCUT2D eigenvalue weighted by atomic mass is 9.89. The van der Waals surface area contributed by atoms with E-state index in [-0.39, 0.29) is 18.3 Å². The van der Waals surface area contributed by atoms with Crippen LogP contribution in [0.25, 0.3) is 6.08 Å². The maximum absolute atomic E-state index is 5.82. The third-order valence-corrected chi connectivity index (χ3v) is 3.26. The van der Waals surface area contributed by atoms with Crippen LogP contribution in [0.1, 0.15) is 33.3 Å². The van der Waals surface area contributed by atoms with Gasteiger partial charge in [-0.1, -0.05) is 12.1 Å². The van der Waals surface area contributed by atoms with Crippen LogP contribution >= 0.6 is 0 Å². The van der Waals surface area contributed by atoms with Gasteiger partial charge in [-0.15, -0.1) is 0 Å². The molecule has 0 aliphatic carbocycles. The molecule has 0 radical (unpaired) electrons. The van der Waals surface area contributed by atoms with Gasteiger partial charge in [0.15, 0.2) is 0 Å². The summed E-state index contributed by atoms with van der Waals surface area (Å²) in [5.74, 6) is 1.90. The minimum Gasteiger partial charge on any atom is -0.472 e. The van der Waals surface area contributed by atoms with Crippen LogP contribution in [-0.2, 0) is 9.31 Å². The third-order valence-electron chi connectivity index (χ3n) is 3.26. The van der Waals surface area contributed by atoms with Crippen molar-refractivity contribution in [3.63, 3.8) is 0 Å². The van der Waals surface area contributed by atoms with Crippen LogP contribution < -0.4 is 0 Å². The average Bonchev–Trinajstić information content (AvgIpc) is 2.70. The molecular formula is C12H17BO3. The molecule has 0 saturated carbocycles. The topological polar surface area (TPSA) is 31.6 Å². The molecule has 1 aliphatic rings. The van der Waals surface area contributed by atoms with Gasteiger partial charge < -0.3 is 13.7 Å². The van der Waals surface area contributed by atoms with E-state index in [0.29, 0.717) is 0 Å². The lowest BCUT2D eigenvalue weighted by Gasteiger charge is -2.32. The largest absolute Gasteiger partial charge is 0.487 e. The Hall–Kier alpha value is -0.995. The van der Waals surface area contributed by atoms with E-state index >= 15 is 0 Å². The van der Waals surface area contributed by atoms with Gasteiger partial charge in [-0.3, -0.25) is 0 Å². The molecule has 16 heavy (non-hydrogen) atoms. The molecule has 2 rings (SSSR count). The third kappa shape index (κ3) is 2.08. The van der Waals surface area contributed by atoms with Gasteiger partial charge in [-0.2, -0.15) is 0 Å². The van der Waals surface area contributed by atoms with Gasteiger partial charge in [0, 0.05) is 5.56 Å².